The van der Waals surface area contributed by atoms with E-state index < -0.39 is 10.1 Å². The largest absolute Gasteiger partial charge is 0.297 e. The van der Waals surface area contributed by atoms with E-state index in [-0.39, 0.29) is 70.1 Å². The monoisotopic (exact) mass is 296 g/mol. The fourth-order valence-electron chi connectivity index (χ4n) is 1.72. The number of hydrogen-bond acceptors (Lipinski definition) is 3. The van der Waals surface area contributed by atoms with Gasteiger partial charge in [-0.25, -0.2) is 0 Å². The van der Waals surface area contributed by atoms with Gasteiger partial charge < -0.3 is 0 Å². The number of hydrogen-bond donors (Lipinski definition) is 0. The van der Waals surface area contributed by atoms with Crippen molar-refractivity contribution in [2.45, 2.75) is 24.8 Å². The summed E-state index contributed by atoms with van der Waals surface area (Å²) in [6, 6.07) is 12.5. The van der Waals surface area contributed by atoms with Gasteiger partial charge in [0.2, 0.25) is 0 Å². The summed E-state index contributed by atoms with van der Waals surface area (Å²) in [5, 5.41) is 1.58. The van der Waals surface area contributed by atoms with E-state index in [1.807, 2.05) is 24.3 Å². The smallest absolute Gasteiger partial charge is 0.264 e. The van der Waals surface area contributed by atoms with Gasteiger partial charge in [0, 0.05) is 64.5 Å². The first-order chi connectivity index (χ1) is 8.00. The molecule has 6 heteroatoms. The predicted molar refractivity (Wildman–Crippen MR) is 78.9 cm³/mol. The molecule has 0 saturated carbocycles. The van der Waals surface area contributed by atoms with Gasteiger partial charge in [-0.1, -0.05) is 36.4 Å². The molecule has 0 fully saturated rings. The van der Waals surface area contributed by atoms with E-state index in [0.717, 1.165) is 5.39 Å². The summed E-state index contributed by atoms with van der Waals surface area (Å²) in [5.41, 5.74) is 0. The van der Waals surface area contributed by atoms with Gasteiger partial charge in [0.15, 0.2) is 0 Å². The van der Waals surface area contributed by atoms with Gasteiger partial charge in [0.1, 0.15) is 4.90 Å². The van der Waals surface area contributed by atoms with Crippen molar-refractivity contribution in [2.75, 3.05) is 0 Å². The Morgan fingerprint density at radius 3 is 2.16 bits per heavy atom. The molecule has 19 heavy (non-hydrogen) atoms. The molecule has 0 amide bonds. The molecule has 2 aromatic carbocycles. The Bertz CT molecular complexity index is 634. The van der Waals surface area contributed by atoms with Crippen LogP contribution in [0.15, 0.2) is 47.4 Å². The minimum Gasteiger partial charge on any atom is -0.264 e. The Labute approximate surface area is 158 Å². The fraction of sp³-hybridized carbons (Fsp3) is 0.231. The first-order valence-electron chi connectivity index (χ1n) is 5.42. The number of fused-ring (bicyclic) bond motifs is 1. The maximum Gasteiger partial charge on any atom is 0.297 e. The second-order valence-electron chi connectivity index (χ2n) is 4.08. The Hall–Kier alpha value is 0.610. The summed E-state index contributed by atoms with van der Waals surface area (Å²) in [6.07, 6.45) is -0.362. The van der Waals surface area contributed by atoms with Gasteiger partial charge in [-0.05, 0) is 25.3 Å². The Kier molecular flexibility index (Phi) is 8.41. The summed E-state index contributed by atoms with van der Waals surface area (Å²) in [4.78, 5) is 0.226. The van der Waals surface area contributed by atoms with Crippen molar-refractivity contribution in [1.82, 2.24) is 0 Å². The molecule has 0 saturated heterocycles. The molecule has 0 bridgehead atoms. The number of rotatable bonds is 3. The van der Waals surface area contributed by atoms with Gasteiger partial charge in [0.25, 0.3) is 10.1 Å². The van der Waals surface area contributed by atoms with Crippen LogP contribution in [0.5, 0.6) is 0 Å². The third-order valence-corrected chi connectivity index (χ3v) is 3.87. The van der Waals surface area contributed by atoms with Gasteiger partial charge in [-0.15, -0.1) is 0 Å². The van der Waals surface area contributed by atoms with Crippen molar-refractivity contribution >= 4 is 80.0 Å². The van der Waals surface area contributed by atoms with Crippen LogP contribution in [0.2, 0.25) is 0 Å². The molecule has 3 nitrogen and oxygen atoms in total. The summed E-state index contributed by atoms with van der Waals surface area (Å²) in [5.74, 6) is 0. The zero-order chi connectivity index (χ0) is 12.5. The van der Waals surface area contributed by atoms with Gasteiger partial charge in [0.05, 0.1) is 6.10 Å². The zero-order valence-electron chi connectivity index (χ0n) is 11.8. The Balaban J connectivity index is 0.00000162. The Morgan fingerprint density at radius 2 is 1.53 bits per heavy atom. The minimum atomic E-state index is -3.69. The van der Waals surface area contributed by atoms with Crippen molar-refractivity contribution in [3.05, 3.63) is 42.5 Å². The molecule has 2 aromatic rings. The molecule has 0 N–H and O–H groups in total. The maximum atomic E-state index is 12.0. The van der Waals surface area contributed by atoms with E-state index in [9.17, 15) is 8.42 Å². The first-order valence-corrected chi connectivity index (χ1v) is 6.82. The molecule has 0 aliphatic rings. The summed E-state index contributed by atoms with van der Waals surface area (Å²) < 4.78 is 29.1. The molecule has 0 aliphatic carbocycles. The second-order valence-corrected chi connectivity index (χ2v) is 5.62. The SMILES string of the molecule is CC(C)OS(=O)(=O)c1cccc2ccccc12.[Na].[Na]. The van der Waals surface area contributed by atoms with Crippen LogP contribution in [0.25, 0.3) is 10.8 Å². The van der Waals surface area contributed by atoms with E-state index >= 15 is 0 Å². The molecule has 0 aliphatic heterocycles. The van der Waals surface area contributed by atoms with Crippen molar-refractivity contribution < 1.29 is 12.6 Å². The summed E-state index contributed by atoms with van der Waals surface area (Å²) in [7, 11) is -3.69. The second kappa shape index (κ2) is 8.15. The van der Waals surface area contributed by atoms with Gasteiger partial charge >= 0.3 is 0 Å². The minimum absolute atomic E-state index is 0. The normalized spacial score (nSPS) is 10.9. The van der Waals surface area contributed by atoms with Crippen molar-refractivity contribution in [2.24, 2.45) is 0 Å². The van der Waals surface area contributed by atoms with Gasteiger partial charge in [-0.2, -0.15) is 8.42 Å². The third-order valence-electron chi connectivity index (χ3n) is 2.34. The van der Waals surface area contributed by atoms with Crippen molar-refractivity contribution in [3.8, 4) is 0 Å². The molecular formula is C13H14Na2O3S. The molecule has 0 atom stereocenters. The molecule has 0 unspecified atom stereocenters. The molecular weight excluding hydrogens is 282 g/mol. The Morgan fingerprint density at radius 1 is 0.947 bits per heavy atom. The topological polar surface area (TPSA) is 43.4 Å². The van der Waals surface area contributed by atoms with Crippen molar-refractivity contribution in [1.29, 1.82) is 0 Å². The van der Waals surface area contributed by atoms with E-state index in [1.165, 1.54) is 0 Å². The van der Waals surface area contributed by atoms with E-state index in [1.54, 1.807) is 32.0 Å². The van der Waals surface area contributed by atoms with Crippen LogP contribution in [-0.4, -0.2) is 73.6 Å². The first kappa shape index (κ1) is 19.6. The van der Waals surface area contributed by atoms with E-state index in [4.69, 9.17) is 4.18 Å². The van der Waals surface area contributed by atoms with Gasteiger partial charge in [-0.3, -0.25) is 4.18 Å². The van der Waals surface area contributed by atoms with Crippen LogP contribution in [0, 0.1) is 0 Å². The zero-order valence-corrected chi connectivity index (χ0v) is 16.6. The van der Waals surface area contributed by atoms with E-state index in [0.29, 0.717) is 5.39 Å². The molecule has 2 rings (SSSR count). The maximum absolute atomic E-state index is 12.0. The van der Waals surface area contributed by atoms with Crippen LogP contribution >= 0.6 is 0 Å². The molecule has 0 aromatic heterocycles. The average molecular weight is 296 g/mol. The van der Waals surface area contributed by atoms with Crippen LogP contribution in [0.1, 0.15) is 13.8 Å². The van der Waals surface area contributed by atoms with Crippen LogP contribution in [0.3, 0.4) is 0 Å². The van der Waals surface area contributed by atoms with Crippen LogP contribution in [0.4, 0.5) is 0 Å². The molecule has 2 radical (unpaired) electrons. The fourth-order valence-corrected chi connectivity index (χ4v) is 3.03. The standard InChI is InChI=1S/C13H14O3S.2Na/c1-10(2)16-17(14,15)13-9-5-7-11-6-3-4-8-12(11)13;;/h3-10H,1-2H3;;. The summed E-state index contributed by atoms with van der Waals surface area (Å²) >= 11 is 0. The number of benzene rings is 2. The van der Waals surface area contributed by atoms with Crippen LogP contribution < -0.4 is 0 Å². The summed E-state index contributed by atoms with van der Waals surface area (Å²) in [6.45, 7) is 3.39. The third kappa shape index (κ3) is 4.83. The molecule has 0 heterocycles. The van der Waals surface area contributed by atoms with Crippen LogP contribution in [-0.2, 0) is 14.3 Å². The van der Waals surface area contributed by atoms with Crippen molar-refractivity contribution in [3.63, 3.8) is 0 Å². The molecule has 0 spiro atoms. The quantitative estimate of drug-likeness (QED) is 0.644. The van der Waals surface area contributed by atoms with E-state index in [2.05, 4.69) is 0 Å². The predicted octanol–water partition coefficient (Wildman–Crippen LogP) is 2.19. The average Bonchev–Trinajstić information content (AvgIpc) is 2.26. The molecule has 92 valence electrons.